The van der Waals surface area contributed by atoms with E-state index in [4.69, 9.17) is 9.73 Å². The first-order chi connectivity index (χ1) is 14.5. The Morgan fingerprint density at radius 3 is 2.37 bits per heavy atom. The molecule has 1 aliphatic rings. The quantitative estimate of drug-likeness (QED) is 0.499. The van der Waals surface area contributed by atoms with Gasteiger partial charge >= 0.3 is 0 Å². The van der Waals surface area contributed by atoms with Crippen LogP contribution in [-0.4, -0.2) is 23.0 Å². The van der Waals surface area contributed by atoms with Crippen LogP contribution in [0.5, 0.6) is 0 Å². The van der Waals surface area contributed by atoms with Crippen LogP contribution in [0.2, 0.25) is 0 Å². The van der Waals surface area contributed by atoms with Gasteiger partial charge in [-0.25, -0.2) is 4.99 Å². The molecule has 0 bridgehead atoms. The maximum absolute atomic E-state index is 5.91. The third-order valence-corrected chi connectivity index (χ3v) is 5.66. The van der Waals surface area contributed by atoms with Gasteiger partial charge in [0.1, 0.15) is 6.61 Å². The molecule has 0 N–H and O–H groups in total. The lowest BCUT2D eigenvalue weighted by molar-refractivity contribution is 0.279. The lowest BCUT2D eigenvalue weighted by Gasteiger charge is -2.13. The van der Waals surface area contributed by atoms with E-state index < -0.39 is 0 Å². The summed E-state index contributed by atoms with van der Waals surface area (Å²) in [6.07, 6.45) is 5.09. The molecule has 1 aromatic heterocycles. The minimum absolute atomic E-state index is 0.163. The van der Waals surface area contributed by atoms with E-state index in [2.05, 4.69) is 81.2 Å². The largest absolute Gasteiger partial charge is 0.475 e. The SMILES string of the molecule is CCCc1ccnc(C)c1Cc1ccc(-c2ccccc2C2=NC(C)(C)CO2)cc1. The van der Waals surface area contributed by atoms with Gasteiger partial charge in [-0.15, -0.1) is 0 Å². The Morgan fingerprint density at radius 1 is 0.967 bits per heavy atom. The van der Waals surface area contributed by atoms with E-state index in [1.165, 1.54) is 22.3 Å². The van der Waals surface area contributed by atoms with Crippen molar-refractivity contribution in [3.8, 4) is 11.1 Å². The second-order valence-electron chi connectivity index (χ2n) is 8.72. The molecule has 0 saturated heterocycles. The fourth-order valence-corrected chi connectivity index (χ4v) is 4.04. The fourth-order valence-electron chi connectivity index (χ4n) is 4.04. The van der Waals surface area contributed by atoms with E-state index in [-0.39, 0.29) is 5.54 Å². The highest BCUT2D eigenvalue weighted by Gasteiger charge is 2.28. The zero-order valence-electron chi connectivity index (χ0n) is 18.4. The summed E-state index contributed by atoms with van der Waals surface area (Å²) in [4.78, 5) is 9.30. The first-order valence-electron chi connectivity index (χ1n) is 10.8. The van der Waals surface area contributed by atoms with E-state index in [0.717, 1.165) is 42.0 Å². The number of nitrogens with zero attached hydrogens (tertiary/aromatic N) is 2. The van der Waals surface area contributed by atoms with Crippen molar-refractivity contribution < 1.29 is 4.74 Å². The van der Waals surface area contributed by atoms with Crippen molar-refractivity contribution in [3.05, 3.63) is 88.7 Å². The molecule has 3 nitrogen and oxygen atoms in total. The Bertz CT molecular complexity index is 1060. The Hall–Kier alpha value is -2.94. The lowest BCUT2D eigenvalue weighted by Crippen LogP contribution is -2.17. The van der Waals surface area contributed by atoms with Gasteiger partial charge in [-0.1, -0.05) is 55.8 Å². The van der Waals surface area contributed by atoms with Crippen LogP contribution >= 0.6 is 0 Å². The predicted molar refractivity (Wildman–Crippen MR) is 124 cm³/mol. The van der Waals surface area contributed by atoms with E-state index in [0.29, 0.717) is 6.61 Å². The summed E-state index contributed by atoms with van der Waals surface area (Å²) in [5, 5.41) is 0. The molecule has 0 radical (unpaired) electrons. The number of pyridine rings is 1. The molecule has 0 atom stereocenters. The first-order valence-corrected chi connectivity index (χ1v) is 10.8. The van der Waals surface area contributed by atoms with E-state index >= 15 is 0 Å². The third-order valence-electron chi connectivity index (χ3n) is 5.66. The molecule has 0 amide bonds. The molecule has 0 unspecified atom stereocenters. The summed E-state index contributed by atoms with van der Waals surface area (Å²) in [5.41, 5.74) is 8.46. The summed E-state index contributed by atoms with van der Waals surface area (Å²) < 4.78 is 5.91. The van der Waals surface area contributed by atoms with Gasteiger partial charge in [-0.05, 0) is 73.6 Å². The van der Waals surface area contributed by atoms with E-state index in [9.17, 15) is 0 Å². The zero-order chi connectivity index (χ0) is 21.1. The molecule has 2 aromatic carbocycles. The molecule has 30 heavy (non-hydrogen) atoms. The molecule has 4 rings (SSSR count). The normalized spacial score (nSPS) is 15.0. The van der Waals surface area contributed by atoms with E-state index in [1.54, 1.807) is 0 Å². The molecule has 0 aliphatic carbocycles. The third kappa shape index (κ3) is 4.30. The van der Waals surface area contributed by atoms with Crippen molar-refractivity contribution in [2.75, 3.05) is 6.61 Å². The first kappa shape index (κ1) is 20.3. The summed E-state index contributed by atoms with van der Waals surface area (Å²) >= 11 is 0. The second kappa shape index (κ2) is 8.43. The van der Waals surface area contributed by atoms with Crippen LogP contribution in [0.15, 0.2) is 65.8 Å². The molecule has 0 saturated carbocycles. The maximum Gasteiger partial charge on any atom is 0.217 e. The Kier molecular flexibility index (Phi) is 5.72. The minimum Gasteiger partial charge on any atom is -0.475 e. The van der Waals surface area contributed by atoms with Crippen molar-refractivity contribution in [2.24, 2.45) is 4.99 Å². The molecule has 0 spiro atoms. The van der Waals surface area contributed by atoms with Gasteiger partial charge in [-0.2, -0.15) is 0 Å². The smallest absolute Gasteiger partial charge is 0.217 e. The van der Waals surface area contributed by atoms with Gasteiger partial charge in [0.15, 0.2) is 0 Å². The van der Waals surface area contributed by atoms with E-state index in [1.807, 2.05) is 12.3 Å². The summed E-state index contributed by atoms with van der Waals surface area (Å²) in [7, 11) is 0. The highest BCUT2D eigenvalue weighted by Crippen LogP contribution is 2.29. The van der Waals surface area contributed by atoms with Crippen LogP contribution in [0.1, 0.15) is 55.1 Å². The monoisotopic (exact) mass is 398 g/mol. The molecule has 0 fully saturated rings. The lowest BCUT2D eigenvalue weighted by atomic mass is 9.94. The van der Waals surface area contributed by atoms with Crippen LogP contribution < -0.4 is 0 Å². The van der Waals surface area contributed by atoms with Gasteiger partial charge in [0, 0.05) is 17.5 Å². The van der Waals surface area contributed by atoms with Crippen molar-refractivity contribution >= 4 is 5.90 Å². The molecule has 3 heteroatoms. The number of aliphatic imine (C=N–C) groups is 1. The molecular weight excluding hydrogens is 368 g/mol. The topological polar surface area (TPSA) is 34.5 Å². The average molecular weight is 399 g/mol. The number of hydrogen-bond donors (Lipinski definition) is 0. The molecule has 2 heterocycles. The van der Waals surface area contributed by atoms with Crippen LogP contribution in [0.4, 0.5) is 0 Å². The van der Waals surface area contributed by atoms with Gasteiger partial charge in [0.25, 0.3) is 0 Å². The van der Waals surface area contributed by atoms with Gasteiger partial charge in [0.2, 0.25) is 5.90 Å². The summed E-state index contributed by atoms with van der Waals surface area (Å²) in [5.74, 6) is 0.745. The van der Waals surface area contributed by atoms with Crippen molar-refractivity contribution in [1.82, 2.24) is 4.98 Å². The highest BCUT2D eigenvalue weighted by molar-refractivity contribution is 6.01. The molecule has 154 valence electrons. The predicted octanol–water partition coefficient (Wildman–Crippen LogP) is 6.16. The van der Waals surface area contributed by atoms with Crippen LogP contribution in [0.3, 0.4) is 0 Å². The van der Waals surface area contributed by atoms with Crippen LogP contribution in [-0.2, 0) is 17.6 Å². The standard InChI is InChI=1S/C27H30N2O/c1-5-8-21-15-16-28-19(2)25(21)17-20-11-13-22(14-12-20)23-9-6-7-10-24(23)26-29-27(3,4)18-30-26/h6-7,9-16H,5,8,17-18H2,1-4H3. The summed E-state index contributed by atoms with van der Waals surface area (Å²) in [6, 6.07) is 19.4. The Labute approximate surface area is 179 Å². The zero-order valence-corrected chi connectivity index (χ0v) is 18.4. The number of benzene rings is 2. The fraction of sp³-hybridized carbons (Fsp3) is 0.333. The molecule has 3 aromatic rings. The van der Waals surface area contributed by atoms with Gasteiger partial charge in [0.05, 0.1) is 5.54 Å². The van der Waals surface area contributed by atoms with Crippen LogP contribution in [0, 0.1) is 6.92 Å². The Balaban J connectivity index is 1.62. The Morgan fingerprint density at radius 2 is 1.70 bits per heavy atom. The van der Waals surface area contributed by atoms with Crippen molar-refractivity contribution in [1.29, 1.82) is 0 Å². The summed E-state index contributed by atoms with van der Waals surface area (Å²) in [6.45, 7) is 9.17. The van der Waals surface area contributed by atoms with Gasteiger partial charge in [-0.3, -0.25) is 4.98 Å². The number of aromatic nitrogens is 1. The van der Waals surface area contributed by atoms with Crippen LogP contribution in [0.25, 0.3) is 11.1 Å². The molecule has 1 aliphatic heterocycles. The molecular formula is C27H30N2O. The van der Waals surface area contributed by atoms with Crippen molar-refractivity contribution in [2.45, 2.75) is 52.5 Å². The van der Waals surface area contributed by atoms with Crippen molar-refractivity contribution in [3.63, 3.8) is 0 Å². The number of ether oxygens (including phenoxy) is 1. The number of hydrogen-bond acceptors (Lipinski definition) is 3. The number of rotatable bonds is 6. The maximum atomic E-state index is 5.91. The highest BCUT2D eigenvalue weighted by atomic mass is 16.5. The van der Waals surface area contributed by atoms with Gasteiger partial charge < -0.3 is 4.74 Å². The second-order valence-corrected chi connectivity index (χ2v) is 8.72. The minimum atomic E-state index is -0.163. The number of aryl methyl sites for hydroxylation is 2. The average Bonchev–Trinajstić information content (AvgIpc) is 3.11.